The van der Waals surface area contributed by atoms with Crippen LogP contribution in [-0.4, -0.2) is 29.6 Å². The first-order valence-corrected chi connectivity index (χ1v) is 6.89. The summed E-state index contributed by atoms with van der Waals surface area (Å²) < 4.78 is 5.29. The molecule has 2 rings (SSSR count). The van der Waals surface area contributed by atoms with E-state index in [9.17, 15) is 14.7 Å². The molecule has 5 nitrogen and oxygen atoms in total. The summed E-state index contributed by atoms with van der Waals surface area (Å²) in [5.41, 5.74) is 0.846. The van der Waals surface area contributed by atoms with Crippen LogP contribution in [0.25, 0.3) is 0 Å². The Morgan fingerprint density at radius 1 is 1.00 bits per heavy atom. The number of carboxylic acid groups (broad SMARTS) is 1. The lowest BCUT2D eigenvalue weighted by molar-refractivity contribution is -0.142. The number of benzene rings is 2. The van der Waals surface area contributed by atoms with Gasteiger partial charge in [-0.1, -0.05) is 48.5 Å². The van der Waals surface area contributed by atoms with Gasteiger partial charge in [0, 0.05) is 6.42 Å². The van der Waals surface area contributed by atoms with Crippen LogP contribution in [0.1, 0.15) is 5.56 Å². The Kier molecular flexibility index (Phi) is 5.54. The predicted molar refractivity (Wildman–Crippen MR) is 81.6 cm³/mol. The minimum Gasteiger partial charge on any atom is -0.484 e. The number of carbonyl (C=O) groups is 2. The minimum absolute atomic E-state index is 0.220. The van der Waals surface area contributed by atoms with Crippen LogP contribution in [0, 0.1) is 0 Å². The van der Waals surface area contributed by atoms with Crippen molar-refractivity contribution in [1.29, 1.82) is 0 Å². The first kappa shape index (κ1) is 15.6. The molecular formula is C17H17NO4. The van der Waals surface area contributed by atoms with Crippen LogP contribution < -0.4 is 10.1 Å². The zero-order valence-electron chi connectivity index (χ0n) is 11.9. The average Bonchev–Trinajstić information content (AvgIpc) is 2.54. The lowest BCUT2D eigenvalue weighted by Crippen LogP contribution is -2.44. The summed E-state index contributed by atoms with van der Waals surface area (Å²) in [6.45, 7) is -0.220. The Morgan fingerprint density at radius 3 is 2.18 bits per heavy atom. The molecular weight excluding hydrogens is 282 g/mol. The highest BCUT2D eigenvalue weighted by molar-refractivity contribution is 5.84. The van der Waals surface area contributed by atoms with Crippen LogP contribution in [0.3, 0.4) is 0 Å². The lowest BCUT2D eigenvalue weighted by Gasteiger charge is -2.15. The molecule has 0 aliphatic rings. The van der Waals surface area contributed by atoms with Gasteiger partial charge in [-0.2, -0.15) is 0 Å². The van der Waals surface area contributed by atoms with E-state index in [-0.39, 0.29) is 13.0 Å². The molecule has 22 heavy (non-hydrogen) atoms. The Morgan fingerprint density at radius 2 is 1.59 bits per heavy atom. The Labute approximate surface area is 128 Å². The van der Waals surface area contributed by atoms with Crippen LogP contribution in [0.15, 0.2) is 60.7 Å². The smallest absolute Gasteiger partial charge is 0.326 e. The van der Waals surface area contributed by atoms with Crippen molar-refractivity contribution in [3.63, 3.8) is 0 Å². The molecule has 0 saturated heterocycles. The zero-order valence-corrected chi connectivity index (χ0v) is 11.9. The van der Waals surface area contributed by atoms with Crippen molar-refractivity contribution in [3.05, 3.63) is 66.2 Å². The molecule has 0 spiro atoms. The van der Waals surface area contributed by atoms with E-state index in [4.69, 9.17) is 4.74 Å². The number of hydrogen-bond donors (Lipinski definition) is 2. The fraction of sp³-hybridized carbons (Fsp3) is 0.176. The molecule has 0 saturated carbocycles. The van der Waals surface area contributed by atoms with Crippen molar-refractivity contribution in [3.8, 4) is 5.75 Å². The fourth-order valence-corrected chi connectivity index (χ4v) is 1.95. The number of para-hydroxylation sites is 1. The van der Waals surface area contributed by atoms with Crippen LogP contribution in [0.4, 0.5) is 0 Å². The zero-order chi connectivity index (χ0) is 15.8. The van der Waals surface area contributed by atoms with Crippen LogP contribution >= 0.6 is 0 Å². The second-order valence-electron chi connectivity index (χ2n) is 4.75. The first-order valence-electron chi connectivity index (χ1n) is 6.89. The molecule has 0 unspecified atom stereocenters. The number of ether oxygens (including phenoxy) is 1. The average molecular weight is 299 g/mol. The van der Waals surface area contributed by atoms with Gasteiger partial charge >= 0.3 is 5.97 Å². The van der Waals surface area contributed by atoms with E-state index in [1.807, 2.05) is 36.4 Å². The van der Waals surface area contributed by atoms with E-state index in [2.05, 4.69) is 5.32 Å². The van der Waals surface area contributed by atoms with E-state index in [1.54, 1.807) is 24.3 Å². The highest BCUT2D eigenvalue weighted by Crippen LogP contribution is 2.08. The van der Waals surface area contributed by atoms with Gasteiger partial charge in [-0.15, -0.1) is 0 Å². The molecule has 0 heterocycles. The molecule has 114 valence electrons. The summed E-state index contributed by atoms with van der Waals surface area (Å²) in [6.07, 6.45) is 0.229. The number of carboxylic acids is 1. The van der Waals surface area contributed by atoms with Crippen molar-refractivity contribution < 1.29 is 19.4 Å². The SMILES string of the molecule is O=C(COc1ccccc1)N[C@@H](Cc1ccccc1)C(=O)O. The van der Waals surface area contributed by atoms with E-state index >= 15 is 0 Å². The molecule has 2 aromatic carbocycles. The standard InChI is InChI=1S/C17H17NO4/c19-16(12-22-14-9-5-2-6-10-14)18-15(17(20)21)11-13-7-3-1-4-8-13/h1-10,15H,11-12H2,(H,18,19)(H,20,21)/t15-/m0/s1. The minimum atomic E-state index is -1.07. The number of amides is 1. The van der Waals surface area contributed by atoms with Crippen molar-refractivity contribution in [2.45, 2.75) is 12.5 Å². The summed E-state index contributed by atoms with van der Waals surface area (Å²) in [4.78, 5) is 23.1. The maximum Gasteiger partial charge on any atom is 0.326 e. The Balaban J connectivity index is 1.88. The van der Waals surface area contributed by atoms with Gasteiger partial charge in [0.2, 0.25) is 0 Å². The van der Waals surface area contributed by atoms with Gasteiger partial charge in [0.05, 0.1) is 0 Å². The molecule has 1 amide bonds. The topological polar surface area (TPSA) is 75.6 Å². The van der Waals surface area contributed by atoms with Gasteiger partial charge in [0.15, 0.2) is 6.61 Å². The molecule has 0 radical (unpaired) electrons. The van der Waals surface area contributed by atoms with Crippen LogP contribution in [-0.2, 0) is 16.0 Å². The molecule has 0 aliphatic carbocycles. The largest absolute Gasteiger partial charge is 0.484 e. The predicted octanol–water partition coefficient (Wildman–Crippen LogP) is 1.88. The summed E-state index contributed by atoms with van der Waals surface area (Å²) >= 11 is 0. The summed E-state index contributed by atoms with van der Waals surface area (Å²) in [5, 5.41) is 11.7. The van der Waals surface area contributed by atoms with Gasteiger partial charge in [0.25, 0.3) is 5.91 Å². The van der Waals surface area contributed by atoms with E-state index in [0.717, 1.165) is 5.56 Å². The van der Waals surface area contributed by atoms with Crippen molar-refractivity contribution in [2.75, 3.05) is 6.61 Å². The number of hydrogen-bond acceptors (Lipinski definition) is 3. The van der Waals surface area contributed by atoms with Gasteiger partial charge in [0.1, 0.15) is 11.8 Å². The second-order valence-corrected chi connectivity index (χ2v) is 4.75. The molecule has 2 aromatic rings. The monoisotopic (exact) mass is 299 g/mol. The number of aliphatic carboxylic acids is 1. The van der Waals surface area contributed by atoms with Crippen molar-refractivity contribution >= 4 is 11.9 Å². The molecule has 0 fully saturated rings. The highest BCUT2D eigenvalue weighted by atomic mass is 16.5. The van der Waals surface area contributed by atoms with Gasteiger partial charge in [-0.05, 0) is 17.7 Å². The highest BCUT2D eigenvalue weighted by Gasteiger charge is 2.20. The van der Waals surface area contributed by atoms with Gasteiger partial charge < -0.3 is 15.2 Å². The molecule has 0 aliphatic heterocycles. The number of rotatable bonds is 7. The van der Waals surface area contributed by atoms with Crippen LogP contribution in [0.5, 0.6) is 5.75 Å². The molecule has 0 aromatic heterocycles. The van der Waals surface area contributed by atoms with Crippen LogP contribution in [0.2, 0.25) is 0 Å². The molecule has 5 heteroatoms. The Bertz CT molecular complexity index is 613. The Hall–Kier alpha value is -2.82. The lowest BCUT2D eigenvalue weighted by atomic mass is 10.1. The number of nitrogens with one attached hydrogen (secondary N) is 1. The fourth-order valence-electron chi connectivity index (χ4n) is 1.95. The van der Waals surface area contributed by atoms with Crippen molar-refractivity contribution in [1.82, 2.24) is 5.32 Å². The number of carbonyl (C=O) groups excluding carboxylic acids is 1. The third-order valence-electron chi connectivity index (χ3n) is 3.03. The third kappa shape index (κ3) is 4.94. The molecule has 2 N–H and O–H groups in total. The maximum atomic E-state index is 11.8. The summed E-state index contributed by atoms with van der Waals surface area (Å²) in [5.74, 6) is -0.975. The molecule has 1 atom stereocenters. The van der Waals surface area contributed by atoms with Crippen molar-refractivity contribution in [2.24, 2.45) is 0 Å². The maximum absolute atomic E-state index is 11.8. The van der Waals surface area contributed by atoms with E-state index < -0.39 is 17.9 Å². The van der Waals surface area contributed by atoms with Gasteiger partial charge in [-0.3, -0.25) is 4.79 Å². The summed E-state index contributed by atoms with van der Waals surface area (Å²) in [7, 11) is 0. The first-order chi connectivity index (χ1) is 10.6. The van der Waals surface area contributed by atoms with Gasteiger partial charge in [-0.25, -0.2) is 4.79 Å². The summed E-state index contributed by atoms with van der Waals surface area (Å²) in [6, 6.07) is 17.1. The van der Waals surface area contributed by atoms with E-state index in [1.165, 1.54) is 0 Å². The second kappa shape index (κ2) is 7.83. The third-order valence-corrected chi connectivity index (χ3v) is 3.03. The quantitative estimate of drug-likeness (QED) is 0.818. The normalized spacial score (nSPS) is 11.5. The molecule has 0 bridgehead atoms. The van der Waals surface area contributed by atoms with E-state index in [0.29, 0.717) is 5.75 Å².